The standard InChI is InChI=1S/C20H17ClFN5S/c1-2-7-27-16-6-4-12-17-19(26-11-3-5-15(22)14(21)8-11)23-10-24-20(17)28-18(12)13(16)9-25-27/h3,5,8-10H,2,4,6-7H2,1H3,(H,23,24,26). The first-order valence-electron chi connectivity index (χ1n) is 9.19. The number of anilines is 2. The number of hydrogen-bond acceptors (Lipinski definition) is 5. The fourth-order valence-corrected chi connectivity index (χ4v) is 5.17. The van der Waals surface area contributed by atoms with Crippen molar-refractivity contribution in [2.24, 2.45) is 0 Å². The lowest BCUT2D eigenvalue weighted by Gasteiger charge is -2.15. The van der Waals surface area contributed by atoms with E-state index in [-0.39, 0.29) is 5.02 Å². The maximum Gasteiger partial charge on any atom is 0.142 e. The average Bonchev–Trinajstić information content (AvgIpc) is 3.27. The van der Waals surface area contributed by atoms with E-state index in [4.69, 9.17) is 11.6 Å². The molecule has 0 radical (unpaired) electrons. The number of aromatic nitrogens is 4. The van der Waals surface area contributed by atoms with Crippen molar-refractivity contribution in [2.75, 3.05) is 5.32 Å². The van der Waals surface area contributed by atoms with Crippen LogP contribution in [0.5, 0.6) is 0 Å². The molecule has 3 aromatic heterocycles. The van der Waals surface area contributed by atoms with Crippen LogP contribution in [0.2, 0.25) is 5.02 Å². The normalized spacial score (nSPS) is 12.8. The van der Waals surface area contributed by atoms with Gasteiger partial charge in [0, 0.05) is 28.4 Å². The minimum Gasteiger partial charge on any atom is -0.340 e. The van der Waals surface area contributed by atoms with Crippen molar-refractivity contribution in [2.45, 2.75) is 32.7 Å². The summed E-state index contributed by atoms with van der Waals surface area (Å²) in [4.78, 5) is 11.1. The summed E-state index contributed by atoms with van der Waals surface area (Å²) in [6.07, 6.45) is 6.46. The second-order valence-corrected chi connectivity index (χ2v) is 8.20. The molecule has 28 heavy (non-hydrogen) atoms. The smallest absolute Gasteiger partial charge is 0.142 e. The third-order valence-corrected chi connectivity index (χ3v) is 6.47. The molecule has 1 aliphatic rings. The largest absolute Gasteiger partial charge is 0.340 e. The van der Waals surface area contributed by atoms with Gasteiger partial charge in [-0.15, -0.1) is 11.3 Å². The van der Waals surface area contributed by atoms with Gasteiger partial charge in [0.15, 0.2) is 0 Å². The third kappa shape index (κ3) is 2.77. The molecule has 0 unspecified atom stereocenters. The van der Waals surface area contributed by atoms with E-state index in [0.29, 0.717) is 5.69 Å². The SMILES string of the molecule is CCCn1ncc2c1CCc1c-2sc2ncnc(Nc3ccc(F)c(Cl)c3)c12. The average molecular weight is 414 g/mol. The molecule has 0 atom stereocenters. The first-order chi connectivity index (χ1) is 13.7. The summed E-state index contributed by atoms with van der Waals surface area (Å²) in [6, 6.07) is 4.57. The Morgan fingerprint density at radius 3 is 3.00 bits per heavy atom. The maximum atomic E-state index is 13.5. The fraction of sp³-hybridized carbons (Fsp3) is 0.250. The van der Waals surface area contributed by atoms with Crippen LogP contribution in [0.15, 0.2) is 30.7 Å². The highest BCUT2D eigenvalue weighted by Gasteiger charge is 2.26. The van der Waals surface area contributed by atoms with Crippen LogP contribution in [0.1, 0.15) is 24.6 Å². The van der Waals surface area contributed by atoms with Gasteiger partial charge in [0.25, 0.3) is 0 Å². The molecule has 1 aromatic carbocycles. The van der Waals surface area contributed by atoms with Crippen LogP contribution in [0, 0.1) is 5.82 Å². The van der Waals surface area contributed by atoms with Gasteiger partial charge in [0.05, 0.1) is 16.6 Å². The second-order valence-electron chi connectivity index (χ2n) is 6.79. The van der Waals surface area contributed by atoms with Gasteiger partial charge in [0.1, 0.15) is 22.8 Å². The zero-order valence-electron chi connectivity index (χ0n) is 15.2. The van der Waals surface area contributed by atoms with E-state index in [2.05, 4.69) is 32.0 Å². The summed E-state index contributed by atoms with van der Waals surface area (Å²) >= 11 is 7.60. The number of rotatable bonds is 4. The molecule has 5 nitrogen and oxygen atoms in total. The molecule has 1 aliphatic carbocycles. The van der Waals surface area contributed by atoms with Crippen molar-refractivity contribution in [1.82, 2.24) is 19.7 Å². The topological polar surface area (TPSA) is 55.6 Å². The Balaban J connectivity index is 1.61. The molecule has 1 N–H and O–H groups in total. The summed E-state index contributed by atoms with van der Waals surface area (Å²) in [5.74, 6) is 0.277. The van der Waals surface area contributed by atoms with Gasteiger partial charge in [-0.2, -0.15) is 5.10 Å². The third-order valence-electron chi connectivity index (χ3n) is 5.01. The maximum absolute atomic E-state index is 13.5. The van der Waals surface area contributed by atoms with Crippen LogP contribution in [-0.2, 0) is 19.4 Å². The van der Waals surface area contributed by atoms with Crippen molar-refractivity contribution < 1.29 is 4.39 Å². The molecule has 0 saturated heterocycles. The molecule has 0 saturated carbocycles. The quantitative estimate of drug-likeness (QED) is 0.473. The van der Waals surface area contributed by atoms with Crippen LogP contribution in [-0.4, -0.2) is 19.7 Å². The molecule has 0 fully saturated rings. The van der Waals surface area contributed by atoms with E-state index in [1.54, 1.807) is 29.8 Å². The van der Waals surface area contributed by atoms with Gasteiger partial charge in [-0.3, -0.25) is 4.68 Å². The molecule has 142 valence electrons. The number of halogens is 2. The highest BCUT2D eigenvalue weighted by atomic mass is 35.5. The highest BCUT2D eigenvalue weighted by molar-refractivity contribution is 7.22. The van der Waals surface area contributed by atoms with Crippen LogP contribution in [0.25, 0.3) is 20.7 Å². The Morgan fingerprint density at radius 1 is 1.29 bits per heavy atom. The lowest BCUT2D eigenvalue weighted by molar-refractivity contribution is 0.572. The van der Waals surface area contributed by atoms with Crippen molar-refractivity contribution >= 4 is 44.7 Å². The second kappa shape index (κ2) is 6.83. The summed E-state index contributed by atoms with van der Waals surface area (Å²) in [5, 5.41) is 8.97. The van der Waals surface area contributed by atoms with Gasteiger partial charge in [-0.25, -0.2) is 14.4 Å². The van der Waals surface area contributed by atoms with Gasteiger partial charge < -0.3 is 5.32 Å². The number of benzene rings is 1. The number of aryl methyl sites for hydroxylation is 2. The first-order valence-corrected chi connectivity index (χ1v) is 10.4. The molecule has 4 aromatic rings. The summed E-state index contributed by atoms with van der Waals surface area (Å²) < 4.78 is 15.6. The Labute approximate surface area is 170 Å². The van der Waals surface area contributed by atoms with Crippen LogP contribution in [0.3, 0.4) is 0 Å². The Bertz CT molecular complexity index is 1200. The van der Waals surface area contributed by atoms with Crippen molar-refractivity contribution in [3.63, 3.8) is 0 Å². The van der Waals surface area contributed by atoms with Gasteiger partial charge in [-0.1, -0.05) is 18.5 Å². The molecule has 8 heteroatoms. The van der Waals surface area contributed by atoms with Gasteiger partial charge >= 0.3 is 0 Å². The molecular weight excluding hydrogens is 397 g/mol. The van der Waals surface area contributed by atoms with Crippen molar-refractivity contribution in [3.05, 3.63) is 52.8 Å². The van der Waals surface area contributed by atoms with E-state index >= 15 is 0 Å². The predicted molar refractivity (Wildman–Crippen MR) is 111 cm³/mol. The molecular formula is C20H17ClFN5S. The van der Waals surface area contributed by atoms with Crippen molar-refractivity contribution in [1.29, 1.82) is 0 Å². The summed E-state index contributed by atoms with van der Waals surface area (Å²) in [7, 11) is 0. The van der Waals surface area contributed by atoms with Crippen LogP contribution in [0.4, 0.5) is 15.9 Å². The highest BCUT2D eigenvalue weighted by Crippen LogP contribution is 2.45. The number of hydrogen-bond donors (Lipinski definition) is 1. The fourth-order valence-electron chi connectivity index (χ4n) is 3.76. The molecule has 3 heterocycles. The van der Waals surface area contributed by atoms with Gasteiger partial charge in [-0.05, 0) is 43.0 Å². The minimum absolute atomic E-state index is 0.0793. The number of nitrogens with zero attached hydrogens (tertiary/aromatic N) is 4. The van der Waals surface area contributed by atoms with Crippen molar-refractivity contribution in [3.8, 4) is 10.4 Å². The lowest BCUT2D eigenvalue weighted by Crippen LogP contribution is -2.09. The number of nitrogens with one attached hydrogen (secondary N) is 1. The van der Waals surface area contributed by atoms with E-state index < -0.39 is 5.82 Å². The van der Waals surface area contributed by atoms with E-state index in [0.717, 1.165) is 41.8 Å². The van der Waals surface area contributed by atoms with Crippen LogP contribution >= 0.6 is 22.9 Å². The number of thiophene rings is 1. The monoisotopic (exact) mass is 413 g/mol. The molecule has 0 aliphatic heterocycles. The predicted octanol–water partition coefficient (Wildman–Crippen LogP) is 5.60. The molecule has 0 bridgehead atoms. The summed E-state index contributed by atoms with van der Waals surface area (Å²) in [6.45, 7) is 3.10. The minimum atomic E-state index is -0.440. The van der Waals surface area contributed by atoms with Crippen LogP contribution < -0.4 is 5.32 Å². The van der Waals surface area contributed by atoms with E-state index in [1.807, 2.05) is 6.20 Å². The Hall–Kier alpha value is -2.51. The summed E-state index contributed by atoms with van der Waals surface area (Å²) in [5.41, 5.74) is 4.45. The molecule has 0 amide bonds. The first kappa shape index (κ1) is 17.6. The van der Waals surface area contributed by atoms with E-state index in [9.17, 15) is 4.39 Å². The molecule has 5 rings (SSSR count). The number of fused-ring (bicyclic) bond motifs is 5. The zero-order chi connectivity index (χ0) is 19.3. The van der Waals surface area contributed by atoms with E-state index in [1.165, 1.54) is 27.8 Å². The lowest BCUT2D eigenvalue weighted by atomic mass is 9.95. The zero-order valence-corrected chi connectivity index (χ0v) is 16.7. The van der Waals surface area contributed by atoms with Gasteiger partial charge in [0.2, 0.25) is 0 Å². The Kier molecular flexibility index (Phi) is 4.29. The Morgan fingerprint density at radius 2 is 2.18 bits per heavy atom. The molecule has 0 spiro atoms.